The summed E-state index contributed by atoms with van der Waals surface area (Å²) < 4.78 is 6.10. The number of carbonyl (C=O) groups is 2. The van der Waals surface area contributed by atoms with E-state index in [-0.39, 0.29) is 12.3 Å². The Morgan fingerprint density at radius 1 is 1.04 bits per heavy atom. The van der Waals surface area contributed by atoms with Crippen LogP contribution in [-0.4, -0.2) is 18.1 Å². The Hall–Kier alpha value is -2.99. The summed E-state index contributed by atoms with van der Waals surface area (Å²) >= 11 is 3.53. The maximum absolute atomic E-state index is 12.3. The number of benzene rings is 3. The number of nitrogens with one attached hydrogen (secondary N) is 1. The fourth-order valence-corrected chi connectivity index (χ4v) is 3.18. The third kappa shape index (κ3) is 4.80. The first kappa shape index (κ1) is 18.8. The zero-order chi connectivity index (χ0) is 19.2. The molecule has 0 aliphatic heterocycles. The largest absolute Gasteiger partial charge is 0.426 e. The molecule has 0 heterocycles. The second kappa shape index (κ2) is 8.60. The van der Waals surface area contributed by atoms with Gasteiger partial charge in [-0.3, -0.25) is 9.59 Å². The number of fused-ring (bicyclic) bond motifs is 1. The van der Waals surface area contributed by atoms with Gasteiger partial charge in [0, 0.05) is 17.0 Å². The lowest BCUT2D eigenvalue weighted by Gasteiger charge is -2.08. The summed E-state index contributed by atoms with van der Waals surface area (Å²) in [4.78, 5) is 23.4. The molecular formula is C21H17BrN2O3. The minimum atomic E-state index is -0.415. The van der Waals surface area contributed by atoms with Crippen LogP contribution in [0.4, 0.5) is 0 Å². The topological polar surface area (TPSA) is 67.8 Å². The van der Waals surface area contributed by atoms with Crippen LogP contribution in [0.15, 0.2) is 70.2 Å². The maximum atomic E-state index is 12.3. The molecule has 0 spiro atoms. The van der Waals surface area contributed by atoms with Crippen molar-refractivity contribution in [3.05, 3.63) is 76.3 Å². The number of rotatable bonds is 5. The second-order valence-electron chi connectivity index (χ2n) is 5.85. The van der Waals surface area contributed by atoms with Gasteiger partial charge in [-0.1, -0.05) is 58.4 Å². The van der Waals surface area contributed by atoms with Crippen LogP contribution in [0.3, 0.4) is 0 Å². The quantitative estimate of drug-likeness (QED) is 0.288. The number of hydrogen-bond donors (Lipinski definition) is 1. The Kier molecular flexibility index (Phi) is 5.98. The van der Waals surface area contributed by atoms with Crippen molar-refractivity contribution in [2.75, 3.05) is 0 Å². The first-order valence-corrected chi connectivity index (χ1v) is 9.09. The third-order valence-corrected chi connectivity index (χ3v) is 4.57. The highest BCUT2D eigenvalue weighted by Crippen LogP contribution is 2.27. The summed E-state index contributed by atoms with van der Waals surface area (Å²) in [7, 11) is 0. The van der Waals surface area contributed by atoms with Crippen LogP contribution >= 0.6 is 15.9 Å². The van der Waals surface area contributed by atoms with Crippen molar-refractivity contribution in [2.24, 2.45) is 5.10 Å². The van der Waals surface area contributed by atoms with Gasteiger partial charge in [0.05, 0.1) is 12.6 Å². The van der Waals surface area contributed by atoms with Crippen molar-refractivity contribution in [3.8, 4) is 5.75 Å². The van der Waals surface area contributed by atoms with Crippen molar-refractivity contribution in [1.29, 1.82) is 0 Å². The Morgan fingerprint density at radius 3 is 2.52 bits per heavy atom. The number of amides is 1. The van der Waals surface area contributed by atoms with E-state index in [2.05, 4.69) is 26.5 Å². The van der Waals surface area contributed by atoms with Gasteiger partial charge in [-0.05, 0) is 34.5 Å². The van der Waals surface area contributed by atoms with E-state index in [0.29, 0.717) is 11.3 Å². The SMILES string of the molecule is CC(=O)Oc1ccccc1/C=N\NC(=O)Cc1ccc(Br)c2ccccc12. The van der Waals surface area contributed by atoms with Crippen molar-refractivity contribution in [1.82, 2.24) is 5.43 Å². The van der Waals surface area contributed by atoms with Gasteiger partial charge in [0.25, 0.3) is 0 Å². The standard InChI is InChI=1S/C21H17BrN2O3/c1-14(25)27-20-9-5-2-6-16(20)13-23-24-21(26)12-15-10-11-19(22)18-8-4-3-7-17(15)18/h2-11,13H,12H2,1H3,(H,24,26)/b23-13-. The summed E-state index contributed by atoms with van der Waals surface area (Å²) in [6.07, 6.45) is 1.66. The highest BCUT2D eigenvalue weighted by atomic mass is 79.9. The molecule has 3 aromatic rings. The number of hydrazone groups is 1. The molecule has 3 aromatic carbocycles. The average Bonchev–Trinajstić information content (AvgIpc) is 2.65. The van der Waals surface area contributed by atoms with Crippen molar-refractivity contribution < 1.29 is 14.3 Å². The Labute approximate surface area is 165 Å². The molecule has 27 heavy (non-hydrogen) atoms. The Bertz CT molecular complexity index is 1030. The molecule has 1 amide bonds. The predicted octanol–water partition coefficient (Wildman–Crippen LogP) is 4.22. The van der Waals surface area contributed by atoms with Crippen LogP contribution in [0.1, 0.15) is 18.1 Å². The number of nitrogens with zero attached hydrogens (tertiary/aromatic N) is 1. The van der Waals surface area contributed by atoms with Gasteiger partial charge in [0.1, 0.15) is 5.75 Å². The smallest absolute Gasteiger partial charge is 0.308 e. The van der Waals surface area contributed by atoms with Crippen LogP contribution < -0.4 is 10.2 Å². The van der Waals surface area contributed by atoms with Gasteiger partial charge >= 0.3 is 5.97 Å². The molecule has 0 saturated carbocycles. The van der Waals surface area contributed by atoms with Gasteiger partial charge in [-0.25, -0.2) is 5.43 Å². The zero-order valence-corrected chi connectivity index (χ0v) is 16.2. The fourth-order valence-electron chi connectivity index (χ4n) is 2.70. The fraction of sp³-hybridized carbons (Fsp3) is 0.0952. The first-order valence-electron chi connectivity index (χ1n) is 8.30. The molecule has 0 unspecified atom stereocenters. The molecule has 136 valence electrons. The van der Waals surface area contributed by atoms with E-state index in [4.69, 9.17) is 4.74 Å². The summed E-state index contributed by atoms with van der Waals surface area (Å²) in [6, 6.07) is 18.7. The van der Waals surface area contributed by atoms with E-state index in [1.165, 1.54) is 13.1 Å². The molecule has 0 aliphatic carbocycles. The molecular weight excluding hydrogens is 408 g/mol. The monoisotopic (exact) mass is 424 g/mol. The van der Waals surface area contributed by atoms with Gasteiger partial charge < -0.3 is 4.74 Å². The van der Waals surface area contributed by atoms with E-state index in [9.17, 15) is 9.59 Å². The number of carbonyl (C=O) groups excluding carboxylic acids is 2. The molecule has 5 nitrogen and oxygen atoms in total. The molecule has 1 N–H and O–H groups in total. The van der Waals surface area contributed by atoms with Gasteiger partial charge in [0.15, 0.2) is 0 Å². The van der Waals surface area contributed by atoms with Crippen molar-refractivity contribution in [2.45, 2.75) is 13.3 Å². The summed E-state index contributed by atoms with van der Waals surface area (Å²) in [6.45, 7) is 1.33. The number of ether oxygens (including phenoxy) is 1. The van der Waals surface area contributed by atoms with Crippen LogP contribution in [0.2, 0.25) is 0 Å². The summed E-state index contributed by atoms with van der Waals surface area (Å²) in [5, 5.41) is 6.05. The summed E-state index contributed by atoms with van der Waals surface area (Å²) in [5.41, 5.74) is 4.04. The molecule has 0 radical (unpaired) electrons. The van der Waals surface area contributed by atoms with Crippen LogP contribution in [-0.2, 0) is 16.0 Å². The van der Waals surface area contributed by atoms with E-state index in [1.807, 2.05) is 36.4 Å². The van der Waals surface area contributed by atoms with Gasteiger partial charge in [-0.15, -0.1) is 0 Å². The van der Waals surface area contributed by atoms with E-state index in [0.717, 1.165) is 20.8 Å². The zero-order valence-electron chi connectivity index (χ0n) is 14.6. The van der Waals surface area contributed by atoms with Gasteiger partial charge in [0.2, 0.25) is 5.91 Å². The van der Waals surface area contributed by atoms with Crippen molar-refractivity contribution in [3.63, 3.8) is 0 Å². The Balaban J connectivity index is 1.70. The molecule has 0 fully saturated rings. The third-order valence-electron chi connectivity index (χ3n) is 3.88. The highest BCUT2D eigenvalue weighted by molar-refractivity contribution is 9.10. The molecule has 6 heteroatoms. The maximum Gasteiger partial charge on any atom is 0.308 e. The van der Waals surface area contributed by atoms with E-state index < -0.39 is 5.97 Å². The average molecular weight is 425 g/mol. The lowest BCUT2D eigenvalue weighted by molar-refractivity contribution is -0.131. The summed E-state index contributed by atoms with van der Waals surface area (Å²) in [5.74, 6) is -0.257. The normalized spacial score (nSPS) is 10.9. The minimum absolute atomic E-state index is 0.205. The van der Waals surface area contributed by atoms with Crippen molar-refractivity contribution >= 4 is 44.8 Å². The van der Waals surface area contributed by atoms with Crippen LogP contribution in [0.5, 0.6) is 5.75 Å². The number of esters is 1. The molecule has 0 aromatic heterocycles. The van der Waals surface area contributed by atoms with Gasteiger partial charge in [-0.2, -0.15) is 5.10 Å². The first-order chi connectivity index (χ1) is 13.0. The lowest BCUT2D eigenvalue weighted by Crippen LogP contribution is -2.20. The predicted molar refractivity (Wildman–Crippen MR) is 109 cm³/mol. The lowest BCUT2D eigenvalue weighted by atomic mass is 10.0. The Morgan fingerprint density at radius 2 is 1.74 bits per heavy atom. The number of hydrogen-bond acceptors (Lipinski definition) is 4. The molecule has 0 aliphatic rings. The highest BCUT2D eigenvalue weighted by Gasteiger charge is 2.08. The second-order valence-corrected chi connectivity index (χ2v) is 6.71. The van der Waals surface area contributed by atoms with E-state index >= 15 is 0 Å². The van der Waals surface area contributed by atoms with E-state index in [1.54, 1.807) is 24.3 Å². The molecule has 0 saturated heterocycles. The van der Waals surface area contributed by atoms with Crippen LogP contribution in [0.25, 0.3) is 10.8 Å². The van der Waals surface area contributed by atoms with Crippen LogP contribution in [0, 0.1) is 0 Å². The molecule has 3 rings (SSSR count). The molecule has 0 atom stereocenters. The molecule has 0 bridgehead atoms. The number of halogens is 1. The minimum Gasteiger partial charge on any atom is -0.426 e. The number of para-hydroxylation sites is 1.